The Labute approximate surface area is 112 Å². The highest BCUT2D eigenvalue weighted by Crippen LogP contribution is 2.11. The van der Waals surface area contributed by atoms with Crippen molar-refractivity contribution >= 4 is 5.91 Å². The molecule has 0 aromatic heterocycles. The van der Waals surface area contributed by atoms with E-state index in [1.807, 2.05) is 11.8 Å². The molecular formula is C15H30N2O. The summed E-state index contributed by atoms with van der Waals surface area (Å²) in [6, 6.07) is 0. The molecule has 0 spiro atoms. The monoisotopic (exact) mass is 254 g/mol. The number of nitrogens with zero attached hydrogens (tertiary/aromatic N) is 1. The third-order valence-electron chi connectivity index (χ3n) is 3.17. The largest absolute Gasteiger partial charge is 0.402 e. The molecule has 0 bridgehead atoms. The van der Waals surface area contributed by atoms with Crippen LogP contribution in [0, 0.1) is 0 Å². The van der Waals surface area contributed by atoms with E-state index in [9.17, 15) is 4.79 Å². The van der Waals surface area contributed by atoms with E-state index >= 15 is 0 Å². The van der Waals surface area contributed by atoms with E-state index in [0.717, 1.165) is 62.9 Å². The lowest BCUT2D eigenvalue weighted by Crippen LogP contribution is -2.34. The molecule has 106 valence electrons. The molecule has 0 aliphatic rings. The highest BCUT2D eigenvalue weighted by Gasteiger charge is 2.16. The average molecular weight is 254 g/mol. The molecule has 0 aromatic rings. The Morgan fingerprint density at radius 3 is 1.89 bits per heavy atom. The van der Waals surface area contributed by atoms with E-state index in [1.165, 1.54) is 0 Å². The minimum Gasteiger partial charge on any atom is -0.402 e. The molecule has 0 unspecified atom stereocenters. The van der Waals surface area contributed by atoms with Crippen molar-refractivity contribution < 1.29 is 4.79 Å². The van der Waals surface area contributed by atoms with Gasteiger partial charge < -0.3 is 10.6 Å². The highest BCUT2D eigenvalue weighted by atomic mass is 16.2. The molecule has 0 saturated carbocycles. The number of nitrogens with two attached hydrogens (primary N) is 1. The molecule has 0 rings (SSSR count). The maximum atomic E-state index is 12.4. The highest BCUT2D eigenvalue weighted by molar-refractivity contribution is 5.93. The van der Waals surface area contributed by atoms with Crippen LogP contribution in [0.3, 0.4) is 0 Å². The minimum atomic E-state index is 0.128. The molecule has 3 heteroatoms. The van der Waals surface area contributed by atoms with Crippen molar-refractivity contribution in [2.24, 2.45) is 5.73 Å². The summed E-state index contributed by atoms with van der Waals surface area (Å²) >= 11 is 0. The second-order valence-electron chi connectivity index (χ2n) is 4.90. The van der Waals surface area contributed by atoms with Crippen LogP contribution in [0.2, 0.25) is 0 Å². The number of unbranched alkanes of at least 4 members (excludes halogenated alkanes) is 2. The Bertz CT molecular complexity index is 264. The number of hydrogen-bond acceptors (Lipinski definition) is 2. The Balaban J connectivity index is 4.65. The van der Waals surface area contributed by atoms with Gasteiger partial charge in [0.2, 0.25) is 0 Å². The van der Waals surface area contributed by atoms with Gasteiger partial charge in [-0.1, -0.05) is 40.0 Å². The first-order valence-corrected chi connectivity index (χ1v) is 7.32. The predicted molar refractivity (Wildman–Crippen MR) is 78.2 cm³/mol. The quantitative estimate of drug-likeness (QED) is 0.641. The average Bonchev–Trinajstić information content (AvgIpc) is 2.37. The summed E-state index contributed by atoms with van der Waals surface area (Å²) < 4.78 is 0. The zero-order valence-corrected chi connectivity index (χ0v) is 12.6. The molecule has 0 atom stereocenters. The van der Waals surface area contributed by atoms with E-state index < -0.39 is 0 Å². The van der Waals surface area contributed by atoms with Gasteiger partial charge in [0.15, 0.2) is 0 Å². The normalized spacial score (nSPS) is 12.2. The SMILES string of the molecule is CCCCN(CCCC)C(=O)C(C)=C(N)CCC. The fourth-order valence-corrected chi connectivity index (χ4v) is 1.84. The molecule has 0 saturated heterocycles. The lowest BCUT2D eigenvalue weighted by Gasteiger charge is -2.23. The van der Waals surface area contributed by atoms with Crippen LogP contribution in [0.1, 0.15) is 66.2 Å². The van der Waals surface area contributed by atoms with Gasteiger partial charge in [-0.2, -0.15) is 0 Å². The van der Waals surface area contributed by atoms with Crippen LogP contribution in [0.5, 0.6) is 0 Å². The zero-order chi connectivity index (χ0) is 14.0. The van der Waals surface area contributed by atoms with Gasteiger partial charge in [0.05, 0.1) is 0 Å². The molecule has 3 nitrogen and oxygen atoms in total. The third-order valence-corrected chi connectivity index (χ3v) is 3.17. The number of carbonyl (C=O) groups excluding carboxylic acids is 1. The molecule has 18 heavy (non-hydrogen) atoms. The van der Waals surface area contributed by atoms with Gasteiger partial charge in [0.1, 0.15) is 0 Å². The van der Waals surface area contributed by atoms with Crippen LogP contribution in [0.4, 0.5) is 0 Å². The number of rotatable bonds is 9. The zero-order valence-electron chi connectivity index (χ0n) is 12.6. The van der Waals surface area contributed by atoms with E-state index in [0.29, 0.717) is 0 Å². The topological polar surface area (TPSA) is 46.3 Å². The van der Waals surface area contributed by atoms with Crippen LogP contribution >= 0.6 is 0 Å². The Kier molecular flexibility index (Phi) is 9.43. The summed E-state index contributed by atoms with van der Waals surface area (Å²) in [5.41, 5.74) is 7.45. The van der Waals surface area contributed by atoms with Crippen LogP contribution in [0.25, 0.3) is 0 Å². The van der Waals surface area contributed by atoms with Crippen molar-refractivity contribution in [2.75, 3.05) is 13.1 Å². The maximum Gasteiger partial charge on any atom is 0.251 e. The summed E-state index contributed by atoms with van der Waals surface area (Å²) in [7, 11) is 0. The van der Waals surface area contributed by atoms with Crippen molar-refractivity contribution in [1.82, 2.24) is 4.90 Å². The van der Waals surface area contributed by atoms with Crippen LogP contribution in [-0.4, -0.2) is 23.9 Å². The van der Waals surface area contributed by atoms with E-state index in [1.54, 1.807) is 0 Å². The van der Waals surface area contributed by atoms with Crippen molar-refractivity contribution in [3.05, 3.63) is 11.3 Å². The summed E-state index contributed by atoms with van der Waals surface area (Å²) in [6.07, 6.45) is 6.16. The first kappa shape index (κ1) is 17.0. The Hall–Kier alpha value is -0.990. The standard InChI is InChI=1S/C15H30N2O/c1-5-8-11-17(12-9-6-2)15(18)13(4)14(16)10-7-3/h5-12,16H2,1-4H3. The molecule has 2 N–H and O–H groups in total. The van der Waals surface area contributed by atoms with Crippen molar-refractivity contribution in [1.29, 1.82) is 0 Å². The second-order valence-corrected chi connectivity index (χ2v) is 4.90. The molecule has 0 aliphatic carbocycles. The van der Waals surface area contributed by atoms with Crippen LogP contribution in [0.15, 0.2) is 11.3 Å². The van der Waals surface area contributed by atoms with Gasteiger partial charge in [-0.05, 0) is 26.2 Å². The maximum absolute atomic E-state index is 12.4. The smallest absolute Gasteiger partial charge is 0.251 e. The van der Waals surface area contributed by atoms with Gasteiger partial charge >= 0.3 is 0 Å². The van der Waals surface area contributed by atoms with E-state index in [-0.39, 0.29) is 5.91 Å². The Morgan fingerprint density at radius 2 is 1.50 bits per heavy atom. The number of amides is 1. The molecule has 0 aliphatic heterocycles. The summed E-state index contributed by atoms with van der Waals surface area (Å²) in [5, 5.41) is 0. The number of hydrogen-bond donors (Lipinski definition) is 1. The first-order valence-electron chi connectivity index (χ1n) is 7.32. The minimum absolute atomic E-state index is 0.128. The predicted octanol–water partition coefficient (Wildman–Crippen LogP) is 3.45. The molecule has 0 heterocycles. The van der Waals surface area contributed by atoms with Gasteiger partial charge in [-0.15, -0.1) is 0 Å². The van der Waals surface area contributed by atoms with Crippen LogP contribution in [-0.2, 0) is 4.79 Å². The number of carbonyl (C=O) groups is 1. The van der Waals surface area contributed by atoms with Crippen molar-refractivity contribution in [3.8, 4) is 0 Å². The van der Waals surface area contributed by atoms with Gasteiger partial charge in [-0.3, -0.25) is 4.79 Å². The molecule has 0 fully saturated rings. The summed E-state index contributed by atoms with van der Waals surface area (Å²) in [6.45, 7) is 9.94. The fourth-order valence-electron chi connectivity index (χ4n) is 1.84. The van der Waals surface area contributed by atoms with Gasteiger partial charge in [0, 0.05) is 24.4 Å². The van der Waals surface area contributed by atoms with Gasteiger partial charge in [0.25, 0.3) is 5.91 Å². The second kappa shape index (κ2) is 9.98. The molecule has 1 amide bonds. The van der Waals surface area contributed by atoms with E-state index in [4.69, 9.17) is 5.73 Å². The summed E-state index contributed by atoms with van der Waals surface area (Å²) in [4.78, 5) is 14.3. The lowest BCUT2D eigenvalue weighted by atomic mass is 10.1. The van der Waals surface area contributed by atoms with Crippen LogP contribution < -0.4 is 5.73 Å². The van der Waals surface area contributed by atoms with Crippen molar-refractivity contribution in [3.63, 3.8) is 0 Å². The van der Waals surface area contributed by atoms with Crippen molar-refractivity contribution in [2.45, 2.75) is 66.2 Å². The van der Waals surface area contributed by atoms with E-state index in [2.05, 4.69) is 20.8 Å². The lowest BCUT2D eigenvalue weighted by molar-refractivity contribution is -0.127. The molecule has 0 aromatic carbocycles. The fraction of sp³-hybridized carbons (Fsp3) is 0.800. The third kappa shape index (κ3) is 6.08. The molecule has 0 radical (unpaired) electrons. The Morgan fingerprint density at radius 1 is 1.00 bits per heavy atom. The first-order chi connectivity index (χ1) is 8.58. The summed E-state index contributed by atoms with van der Waals surface area (Å²) in [5.74, 6) is 0.128. The number of allylic oxidation sites excluding steroid dienone is 1. The molecular weight excluding hydrogens is 224 g/mol. The van der Waals surface area contributed by atoms with Gasteiger partial charge in [-0.25, -0.2) is 0 Å².